The first kappa shape index (κ1) is 22.8. The Morgan fingerprint density at radius 2 is 1.61 bits per heavy atom. The Kier molecular flexibility index (Phi) is 6.67. The molecule has 8 nitrogen and oxygen atoms in total. The number of piperazine rings is 1. The molecular weight excluding hydrogens is 422 g/mol. The van der Waals surface area contributed by atoms with Crippen LogP contribution in [0.5, 0.6) is 11.5 Å². The van der Waals surface area contributed by atoms with Crippen molar-refractivity contribution in [2.75, 3.05) is 58.5 Å². The first-order chi connectivity index (χ1) is 16.0. The lowest BCUT2D eigenvalue weighted by Gasteiger charge is -2.36. The van der Waals surface area contributed by atoms with Crippen LogP contribution in [0.4, 0.5) is 5.69 Å². The molecule has 0 aromatic heterocycles. The van der Waals surface area contributed by atoms with Crippen molar-refractivity contribution in [2.45, 2.75) is 6.92 Å². The van der Waals surface area contributed by atoms with E-state index in [1.165, 1.54) is 12.0 Å². The van der Waals surface area contributed by atoms with Crippen molar-refractivity contribution in [1.29, 1.82) is 0 Å². The molecule has 1 saturated heterocycles. The summed E-state index contributed by atoms with van der Waals surface area (Å²) in [6, 6.07) is 12.6. The van der Waals surface area contributed by atoms with Crippen molar-refractivity contribution in [1.82, 2.24) is 9.80 Å². The van der Waals surface area contributed by atoms with Gasteiger partial charge in [0.15, 0.2) is 0 Å². The Morgan fingerprint density at radius 3 is 2.21 bits per heavy atom. The molecule has 1 fully saturated rings. The minimum Gasteiger partial charge on any atom is -0.497 e. The second-order valence-electron chi connectivity index (χ2n) is 8.13. The molecule has 0 radical (unpaired) electrons. The summed E-state index contributed by atoms with van der Waals surface area (Å²) in [6.45, 7) is 5.19. The average Bonchev–Trinajstić information content (AvgIpc) is 3.09. The first-order valence-electron chi connectivity index (χ1n) is 11.0. The van der Waals surface area contributed by atoms with E-state index in [0.29, 0.717) is 66.7 Å². The van der Waals surface area contributed by atoms with Crippen LogP contribution in [0.25, 0.3) is 5.57 Å². The largest absolute Gasteiger partial charge is 0.497 e. The van der Waals surface area contributed by atoms with Crippen molar-refractivity contribution in [3.05, 3.63) is 59.3 Å². The number of carbonyl (C=O) groups is 2. The topological polar surface area (TPSA) is 82.6 Å². The predicted molar refractivity (Wildman–Crippen MR) is 125 cm³/mol. The monoisotopic (exact) mass is 451 g/mol. The lowest BCUT2D eigenvalue weighted by Crippen LogP contribution is -2.48. The molecule has 0 saturated carbocycles. The van der Waals surface area contributed by atoms with Crippen molar-refractivity contribution < 1.29 is 24.2 Å². The van der Waals surface area contributed by atoms with Gasteiger partial charge in [-0.2, -0.15) is 0 Å². The zero-order chi connectivity index (χ0) is 23.5. The van der Waals surface area contributed by atoms with E-state index in [0.717, 1.165) is 5.56 Å². The highest BCUT2D eigenvalue weighted by Crippen LogP contribution is 2.39. The molecule has 0 aliphatic carbocycles. The van der Waals surface area contributed by atoms with E-state index in [4.69, 9.17) is 9.47 Å². The number of aliphatic hydroxyl groups is 1. The molecular formula is C25H29N3O5. The number of aliphatic hydroxyl groups excluding tert-OH is 1. The third kappa shape index (κ3) is 4.31. The smallest absolute Gasteiger partial charge is 0.282 e. The van der Waals surface area contributed by atoms with Crippen LogP contribution in [-0.4, -0.2) is 80.3 Å². The van der Waals surface area contributed by atoms with Gasteiger partial charge in [-0.25, -0.2) is 4.90 Å². The van der Waals surface area contributed by atoms with Crippen LogP contribution in [0.2, 0.25) is 0 Å². The number of hydrogen-bond donors (Lipinski definition) is 1. The number of ether oxygens (including phenoxy) is 2. The molecule has 2 aliphatic rings. The van der Waals surface area contributed by atoms with E-state index in [9.17, 15) is 14.7 Å². The number of β-amino-alcohol motifs (C(OH)–C–C–N with tert-alkyl or cyclic N) is 1. The van der Waals surface area contributed by atoms with Crippen LogP contribution in [0.1, 0.15) is 11.1 Å². The van der Waals surface area contributed by atoms with Crippen LogP contribution >= 0.6 is 0 Å². The van der Waals surface area contributed by atoms with Crippen LogP contribution < -0.4 is 14.4 Å². The normalized spacial score (nSPS) is 17.2. The van der Waals surface area contributed by atoms with Gasteiger partial charge in [0.1, 0.15) is 17.2 Å². The summed E-state index contributed by atoms with van der Waals surface area (Å²) < 4.78 is 10.7. The Morgan fingerprint density at radius 1 is 0.909 bits per heavy atom. The number of aryl methyl sites for hydroxylation is 1. The van der Waals surface area contributed by atoms with Crippen LogP contribution in [-0.2, 0) is 9.59 Å². The van der Waals surface area contributed by atoms with Crippen LogP contribution in [0.15, 0.2) is 48.2 Å². The van der Waals surface area contributed by atoms with E-state index in [2.05, 4.69) is 4.90 Å². The minimum absolute atomic E-state index is 0.0954. The van der Waals surface area contributed by atoms with E-state index in [1.807, 2.05) is 17.9 Å². The summed E-state index contributed by atoms with van der Waals surface area (Å²) in [5.41, 5.74) is 2.80. The summed E-state index contributed by atoms with van der Waals surface area (Å²) in [4.78, 5) is 32.9. The van der Waals surface area contributed by atoms with E-state index >= 15 is 0 Å². The van der Waals surface area contributed by atoms with E-state index in [1.54, 1.807) is 43.5 Å². The summed E-state index contributed by atoms with van der Waals surface area (Å²) in [5, 5.41) is 9.25. The molecule has 33 heavy (non-hydrogen) atoms. The summed E-state index contributed by atoms with van der Waals surface area (Å²) in [5.74, 6) is 0.407. The maximum atomic E-state index is 13.8. The van der Waals surface area contributed by atoms with Gasteiger partial charge >= 0.3 is 0 Å². The van der Waals surface area contributed by atoms with Crippen molar-refractivity contribution >= 4 is 23.1 Å². The summed E-state index contributed by atoms with van der Waals surface area (Å²) in [7, 11) is 3.11. The number of amides is 2. The Labute approximate surface area is 193 Å². The van der Waals surface area contributed by atoms with E-state index in [-0.39, 0.29) is 18.4 Å². The maximum Gasteiger partial charge on any atom is 0.282 e. The zero-order valence-electron chi connectivity index (χ0n) is 19.2. The lowest BCUT2D eigenvalue weighted by molar-refractivity contribution is -0.120. The molecule has 8 heteroatoms. The molecule has 2 amide bonds. The second kappa shape index (κ2) is 9.64. The molecule has 0 unspecified atom stereocenters. The van der Waals surface area contributed by atoms with Gasteiger partial charge in [-0.05, 0) is 42.3 Å². The summed E-state index contributed by atoms with van der Waals surface area (Å²) >= 11 is 0. The van der Waals surface area contributed by atoms with Gasteiger partial charge in [0, 0.05) is 32.7 Å². The molecule has 4 rings (SSSR count). The number of anilines is 1. The Balaban J connectivity index is 1.77. The molecule has 2 aromatic rings. The van der Waals surface area contributed by atoms with E-state index < -0.39 is 0 Å². The third-order valence-corrected chi connectivity index (χ3v) is 6.12. The molecule has 2 aliphatic heterocycles. The zero-order valence-corrected chi connectivity index (χ0v) is 19.2. The van der Waals surface area contributed by atoms with Gasteiger partial charge in [-0.15, -0.1) is 0 Å². The van der Waals surface area contributed by atoms with Crippen molar-refractivity contribution in [2.24, 2.45) is 0 Å². The fourth-order valence-electron chi connectivity index (χ4n) is 4.36. The number of imide groups is 1. The van der Waals surface area contributed by atoms with Crippen LogP contribution in [0.3, 0.4) is 0 Å². The Bertz CT molecular complexity index is 1070. The van der Waals surface area contributed by atoms with Crippen molar-refractivity contribution in [3.63, 3.8) is 0 Å². The standard InChI is InChI=1S/C25H29N3O5/c1-17-4-9-21(33-3)20(16-17)28-24(30)22(18-5-7-19(32-2)8-6-18)23(25(28)31)27-12-10-26(11-13-27)14-15-29/h4-9,16,29H,10-15H2,1-3H3. The molecule has 1 N–H and O–H groups in total. The number of hydrogen-bond acceptors (Lipinski definition) is 7. The van der Waals surface area contributed by atoms with Gasteiger partial charge in [0.25, 0.3) is 11.8 Å². The predicted octanol–water partition coefficient (Wildman–Crippen LogP) is 1.91. The summed E-state index contributed by atoms with van der Waals surface area (Å²) in [6.07, 6.45) is 0. The van der Waals surface area contributed by atoms with Crippen LogP contribution in [0, 0.1) is 6.92 Å². The van der Waals surface area contributed by atoms with Crippen molar-refractivity contribution in [3.8, 4) is 11.5 Å². The fourth-order valence-corrected chi connectivity index (χ4v) is 4.36. The molecule has 0 bridgehead atoms. The minimum atomic E-state index is -0.373. The molecule has 2 aromatic carbocycles. The van der Waals surface area contributed by atoms with Gasteiger partial charge < -0.3 is 19.5 Å². The second-order valence-corrected chi connectivity index (χ2v) is 8.13. The number of methoxy groups -OCH3 is 2. The quantitative estimate of drug-likeness (QED) is 0.644. The number of benzene rings is 2. The maximum absolute atomic E-state index is 13.8. The highest BCUT2D eigenvalue weighted by molar-refractivity contribution is 6.45. The third-order valence-electron chi connectivity index (χ3n) is 6.12. The molecule has 174 valence electrons. The fraction of sp³-hybridized carbons (Fsp3) is 0.360. The first-order valence-corrected chi connectivity index (χ1v) is 11.0. The highest BCUT2D eigenvalue weighted by atomic mass is 16.5. The highest BCUT2D eigenvalue weighted by Gasteiger charge is 2.44. The average molecular weight is 452 g/mol. The molecule has 0 spiro atoms. The molecule has 0 atom stereocenters. The lowest BCUT2D eigenvalue weighted by atomic mass is 10.0. The van der Waals surface area contributed by atoms with Gasteiger partial charge in [0.2, 0.25) is 0 Å². The van der Waals surface area contributed by atoms with Gasteiger partial charge in [-0.3, -0.25) is 14.5 Å². The SMILES string of the molecule is COc1ccc(C2=C(N3CCN(CCO)CC3)C(=O)N(c3cc(C)ccc3OC)C2=O)cc1. The Hall–Kier alpha value is -3.36. The number of carbonyl (C=O) groups excluding carboxylic acids is 2. The number of rotatable bonds is 7. The van der Waals surface area contributed by atoms with Gasteiger partial charge in [-0.1, -0.05) is 18.2 Å². The number of nitrogens with zero attached hydrogens (tertiary/aromatic N) is 3. The van der Waals surface area contributed by atoms with Gasteiger partial charge in [0.05, 0.1) is 32.1 Å². The molecule has 2 heterocycles.